The van der Waals surface area contributed by atoms with Crippen LogP contribution in [0.3, 0.4) is 0 Å². The molecule has 2 heterocycles. The minimum Gasteiger partial charge on any atom is -0.444 e. The highest BCUT2D eigenvalue weighted by Crippen LogP contribution is 2.37. The predicted molar refractivity (Wildman–Crippen MR) is 151 cm³/mol. The van der Waals surface area contributed by atoms with E-state index < -0.39 is 11.7 Å². The molecule has 2 aliphatic carbocycles. The minimum absolute atomic E-state index is 0.0974. The van der Waals surface area contributed by atoms with Gasteiger partial charge in [-0.3, -0.25) is 9.48 Å². The first-order valence-electron chi connectivity index (χ1n) is 13.8. The molecule has 2 aromatic rings. The standard InChI is InChI=1S/C27H41ClN8O3/c1-27(2,3)39-26(38)30-12-11-29-23(37)16-31-18-7-9-19(10-8-18)34-25-32-15-21(28)24(35-25)20-14-33-36(4)22(20)13-17-5-6-17/h14-15,17-19,31H,5-13,16H2,1-4H3,(H,29,37)(H,30,38)(H,32,34,35). The van der Waals surface area contributed by atoms with Gasteiger partial charge in [0.25, 0.3) is 0 Å². The highest BCUT2D eigenvalue weighted by atomic mass is 35.5. The molecule has 0 unspecified atom stereocenters. The molecule has 11 nitrogen and oxygen atoms in total. The van der Waals surface area contributed by atoms with Crippen molar-refractivity contribution >= 4 is 29.5 Å². The summed E-state index contributed by atoms with van der Waals surface area (Å²) in [5.74, 6) is 1.21. The fraction of sp³-hybridized carbons (Fsp3) is 0.667. The second-order valence-corrected chi connectivity index (χ2v) is 11.9. The number of rotatable bonds is 11. The van der Waals surface area contributed by atoms with Gasteiger partial charge in [0, 0.05) is 43.5 Å². The van der Waals surface area contributed by atoms with Gasteiger partial charge >= 0.3 is 6.09 Å². The van der Waals surface area contributed by atoms with Crippen molar-refractivity contribution in [3.63, 3.8) is 0 Å². The average Bonchev–Trinajstić information content (AvgIpc) is 3.63. The molecule has 0 aliphatic heterocycles. The quantitative estimate of drug-likeness (QED) is 0.307. The number of halogens is 1. The molecule has 2 saturated carbocycles. The summed E-state index contributed by atoms with van der Waals surface area (Å²) < 4.78 is 7.10. The van der Waals surface area contributed by atoms with E-state index in [1.807, 2.05) is 17.9 Å². The van der Waals surface area contributed by atoms with Crippen LogP contribution in [-0.4, -0.2) is 69.1 Å². The van der Waals surface area contributed by atoms with Crippen molar-refractivity contribution < 1.29 is 14.3 Å². The van der Waals surface area contributed by atoms with E-state index in [-0.39, 0.29) is 24.5 Å². The fourth-order valence-corrected chi connectivity index (χ4v) is 4.92. The molecular formula is C27H41ClN8O3. The summed E-state index contributed by atoms with van der Waals surface area (Å²) in [4.78, 5) is 33.0. The summed E-state index contributed by atoms with van der Waals surface area (Å²) in [6.07, 6.45) is 10.3. The Kier molecular flexibility index (Phi) is 9.66. The number of aromatic nitrogens is 4. The van der Waals surface area contributed by atoms with Crippen LogP contribution in [0, 0.1) is 5.92 Å². The Morgan fingerprint density at radius 3 is 2.44 bits per heavy atom. The van der Waals surface area contributed by atoms with Gasteiger partial charge in [0.2, 0.25) is 11.9 Å². The SMILES string of the molecule is Cn1ncc(-c2nc(NC3CCC(NCC(=O)NCCNC(=O)OC(C)(C)C)CC3)ncc2Cl)c1CC1CC1. The van der Waals surface area contributed by atoms with Gasteiger partial charge in [-0.1, -0.05) is 11.6 Å². The van der Waals surface area contributed by atoms with Crippen LogP contribution in [0.5, 0.6) is 0 Å². The van der Waals surface area contributed by atoms with Gasteiger partial charge in [0.05, 0.1) is 29.7 Å². The maximum Gasteiger partial charge on any atom is 0.407 e. The lowest BCUT2D eigenvalue weighted by molar-refractivity contribution is -0.120. The maximum absolute atomic E-state index is 12.2. The Morgan fingerprint density at radius 1 is 1.05 bits per heavy atom. The van der Waals surface area contributed by atoms with E-state index in [4.69, 9.17) is 21.3 Å². The Balaban J connectivity index is 1.17. The highest BCUT2D eigenvalue weighted by molar-refractivity contribution is 6.32. The fourth-order valence-electron chi connectivity index (χ4n) is 4.73. The summed E-state index contributed by atoms with van der Waals surface area (Å²) in [6, 6.07) is 0.528. The van der Waals surface area contributed by atoms with E-state index in [0.29, 0.717) is 24.1 Å². The Bertz CT molecular complexity index is 1140. The molecule has 2 aromatic heterocycles. The molecule has 12 heteroatoms. The Hall–Kier alpha value is -2.92. The zero-order valence-electron chi connectivity index (χ0n) is 23.3. The lowest BCUT2D eigenvalue weighted by Crippen LogP contribution is -2.44. The van der Waals surface area contributed by atoms with E-state index in [0.717, 1.165) is 49.3 Å². The molecule has 0 saturated heterocycles. The number of alkyl carbamates (subject to hydrolysis) is 1. The largest absolute Gasteiger partial charge is 0.444 e. The first-order chi connectivity index (χ1) is 18.6. The van der Waals surface area contributed by atoms with Crippen molar-refractivity contribution in [2.75, 3.05) is 25.0 Å². The third-order valence-electron chi connectivity index (χ3n) is 6.97. The zero-order valence-corrected chi connectivity index (χ0v) is 24.1. The number of nitrogens with one attached hydrogen (secondary N) is 4. The van der Waals surface area contributed by atoms with Gasteiger partial charge in [-0.2, -0.15) is 5.10 Å². The van der Waals surface area contributed by atoms with Gasteiger partial charge in [0.1, 0.15) is 5.60 Å². The van der Waals surface area contributed by atoms with Crippen molar-refractivity contribution in [2.45, 2.75) is 83.4 Å². The number of hydrogen-bond donors (Lipinski definition) is 4. The number of carbonyl (C=O) groups excluding carboxylic acids is 2. The molecule has 0 spiro atoms. The normalized spacial score (nSPS) is 19.4. The molecule has 214 valence electrons. The zero-order chi connectivity index (χ0) is 28.0. The molecular weight excluding hydrogens is 520 g/mol. The maximum atomic E-state index is 12.2. The van der Waals surface area contributed by atoms with Crippen LogP contribution in [-0.2, 0) is 23.0 Å². The molecule has 2 fully saturated rings. The van der Waals surface area contributed by atoms with Crippen LogP contribution in [0.25, 0.3) is 11.3 Å². The average molecular weight is 561 g/mol. The third-order valence-corrected chi connectivity index (χ3v) is 7.24. The van der Waals surface area contributed by atoms with E-state index in [2.05, 4.69) is 31.3 Å². The van der Waals surface area contributed by atoms with E-state index in [9.17, 15) is 9.59 Å². The number of ether oxygens (including phenoxy) is 1. The second kappa shape index (κ2) is 13.0. The molecule has 2 amide bonds. The Morgan fingerprint density at radius 2 is 1.74 bits per heavy atom. The lowest BCUT2D eigenvalue weighted by Gasteiger charge is -2.29. The van der Waals surface area contributed by atoms with Crippen molar-refractivity contribution in [1.82, 2.24) is 35.7 Å². The second-order valence-electron chi connectivity index (χ2n) is 11.5. The van der Waals surface area contributed by atoms with E-state index in [1.165, 1.54) is 18.5 Å². The van der Waals surface area contributed by atoms with Gasteiger partial charge in [-0.25, -0.2) is 14.8 Å². The third kappa shape index (κ3) is 9.06. The van der Waals surface area contributed by atoms with E-state index >= 15 is 0 Å². The topological polar surface area (TPSA) is 135 Å². The van der Waals surface area contributed by atoms with Gasteiger partial charge in [-0.15, -0.1) is 0 Å². The molecule has 0 atom stereocenters. The predicted octanol–water partition coefficient (Wildman–Crippen LogP) is 3.44. The first-order valence-corrected chi connectivity index (χ1v) is 14.2. The lowest BCUT2D eigenvalue weighted by atomic mass is 9.91. The molecule has 4 rings (SSSR count). The number of carbonyl (C=O) groups is 2. The van der Waals surface area contributed by atoms with Crippen molar-refractivity contribution in [3.8, 4) is 11.3 Å². The molecule has 2 aliphatic rings. The number of anilines is 1. The Labute approximate surface area is 235 Å². The molecule has 0 aromatic carbocycles. The van der Waals surface area contributed by atoms with Crippen molar-refractivity contribution in [2.24, 2.45) is 13.0 Å². The summed E-state index contributed by atoms with van der Waals surface area (Å²) in [6.45, 7) is 6.32. The first kappa shape index (κ1) is 29.1. The summed E-state index contributed by atoms with van der Waals surface area (Å²) in [5.41, 5.74) is 2.32. The number of hydrogen-bond acceptors (Lipinski definition) is 8. The highest BCUT2D eigenvalue weighted by Gasteiger charge is 2.27. The number of aryl methyl sites for hydroxylation is 1. The van der Waals surface area contributed by atoms with Gasteiger partial charge < -0.3 is 26.0 Å². The van der Waals surface area contributed by atoms with Crippen LogP contribution >= 0.6 is 11.6 Å². The van der Waals surface area contributed by atoms with E-state index in [1.54, 1.807) is 27.0 Å². The minimum atomic E-state index is -0.546. The van der Waals surface area contributed by atoms with Crippen LogP contribution < -0.4 is 21.3 Å². The van der Waals surface area contributed by atoms with Crippen LogP contribution in [0.2, 0.25) is 5.02 Å². The van der Waals surface area contributed by atoms with Crippen molar-refractivity contribution in [1.29, 1.82) is 0 Å². The van der Waals surface area contributed by atoms with Crippen LogP contribution in [0.15, 0.2) is 12.4 Å². The summed E-state index contributed by atoms with van der Waals surface area (Å²) in [5, 5.41) is 17.2. The summed E-state index contributed by atoms with van der Waals surface area (Å²) in [7, 11) is 1.97. The number of amides is 2. The van der Waals surface area contributed by atoms with Crippen LogP contribution in [0.1, 0.15) is 65.0 Å². The molecule has 0 bridgehead atoms. The van der Waals surface area contributed by atoms with Gasteiger partial charge in [-0.05, 0) is 71.6 Å². The molecule has 39 heavy (non-hydrogen) atoms. The van der Waals surface area contributed by atoms with Crippen LogP contribution in [0.4, 0.5) is 10.7 Å². The van der Waals surface area contributed by atoms with Crippen molar-refractivity contribution in [3.05, 3.63) is 23.1 Å². The number of nitrogens with zero attached hydrogens (tertiary/aromatic N) is 4. The smallest absolute Gasteiger partial charge is 0.407 e. The monoisotopic (exact) mass is 560 g/mol. The summed E-state index contributed by atoms with van der Waals surface area (Å²) >= 11 is 6.51. The van der Waals surface area contributed by atoms with Gasteiger partial charge in [0.15, 0.2) is 0 Å². The molecule has 0 radical (unpaired) electrons. The molecule has 4 N–H and O–H groups in total.